The van der Waals surface area contributed by atoms with Gasteiger partial charge in [-0.25, -0.2) is 19.4 Å². The Morgan fingerprint density at radius 3 is 1.31 bits per heavy atom. The Labute approximate surface area is 776 Å². The van der Waals surface area contributed by atoms with Gasteiger partial charge in [-0.2, -0.15) is 0 Å². The molecule has 0 saturated heterocycles. The molecule has 1 aromatic heterocycles. The number of amides is 5. The van der Waals surface area contributed by atoms with Crippen molar-refractivity contribution < 1.29 is 140 Å². The number of aryl methyl sites for hydroxylation is 1. The number of ether oxygens (including phenoxy) is 10. The molecule has 37 heteroatoms. The van der Waals surface area contributed by atoms with Crippen molar-refractivity contribution in [3.63, 3.8) is 0 Å². The van der Waals surface area contributed by atoms with E-state index in [2.05, 4.69) is 41.9 Å². The molecule has 0 radical (unpaired) electrons. The SMILES string of the molecule is CCCNC(=O)COCCOCCCC(=O)COCCOCCNC(=O)CC[C@H](CC(=O)CCCCCCCCCOc1ccc(C(=O)O)cc1)C(=O)O.CCC[C@H](NCC(=O)CCc1cnc[nH]1)C(=O)CC[C@@H](CCCCNC(=O)COCCOCCNC(=O)COCCOCCCC(=O)CC[C@H](NC(=O)CCCCCCCCCOc1ccc(C(=O)O)cc1)C(=O)O)C(C)=O. The summed E-state index contributed by atoms with van der Waals surface area (Å²) < 4.78 is 54.2. The summed E-state index contributed by atoms with van der Waals surface area (Å²) in [7, 11) is 0. The van der Waals surface area contributed by atoms with Crippen molar-refractivity contribution in [1.29, 1.82) is 0 Å². The number of carbonyl (C=O) groups is 15. The van der Waals surface area contributed by atoms with Crippen molar-refractivity contribution in [3.8, 4) is 11.5 Å². The minimum Gasteiger partial charge on any atom is -0.494 e. The first kappa shape index (κ1) is 118. The predicted molar refractivity (Wildman–Crippen MR) is 489 cm³/mol. The second-order valence-corrected chi connectivity index (χ2v) is 32.1. The molecule has 0 bridgehead atoms. The molecule has 1 heterocycles. The number of aromatic nitrogens is 2. The van der Waals surface area contributed by atoms with Crippen LogP contribution in [-0.4, -0.2) is 282 Å². The van der Waals surface area contributed by atoms with Crippen molar-refractivity contribution in [2.75, 3.05) is 152 Å². The molecule has 37 nitrogen and oxygen atoms in total. The van der Waals surface area contributed by atoms with Gasteiger partial charge >= 0.3 is 23.9 Å². The van der Waals surface area contributed by atoms with Gasteiger partial charge < -0.3 is 105 Å². The molecule has 2 aromatic carbocycles. The summed E-state index contributed by atoms with van der Waals surface area (Å²) in [4.78, 5) is 187. The van der Waals surface area contributed by atoms with E-state index in [1.807, 2.05) is 13.8 Å². The number of benzene rings is 2. The van der Waals surface area contributed by atoms with E-state index >= 15 is 0 Å². The maximum Gasteiger partial charge on any atom is 0.335 e. The number of carbonyl (C=O) groups excluding carboxylic acids is 11. The number of nitrogens with one attached hydrogen (secondary N) is 7. The number of carboxylic acid groups (broad SMARTS) is 4. The topological polar surface area (TPSA) is 530 Å². The van der Waals surface area contributed by atoms with Gasteiger partial charge in [0, 0.05) is 115 Å². The lowest BCUT2D eigenvalue weighted by molar-refractivity contribution is -0.144. The number of aliphatic carboxylic acids is 2. The van der Waals surface area contributed by atoms with Gasteiger partial charge in [0.1, 0.15) is 72.9 Å². The fraction of sp³-hybridized carbons (Fsp3) is 0.684. The zero-order chi connectivity index (χ0) is 96.7. The van der Waals surface area contributed by atoms with Crippen LogP contribution in [0, 0.1) is 11.8 Å². The summed E-state index contributed by atoms with van der Waals surface area (Å²) in [5.74, 6) is -5.77. The first-order valence-electron chi connectivity index (χ1n) is 47.0. The third-order valence-corrected chi connectivity index (χ3v) is 20.8. The first-order valence-corrected chi connectivity index (χ1v) is 47.0. The van der Waals surface area contributed by atoms with Crippen LogP contribution in [0.15, 0.2) is 61.1 Å². The number of aromatic carboxylic acids is 2. The predicted octanol–water partition coefficient (Wildman–Crippen LogP) is 9.67. The number of imidazole rings is 1. The first-order chi connectivity index (χ1) is 63.8. The van der Waals surface area contributed by atoms with Gasteiger partial charge in [0.15, 0.2) is 5.78 Å². The summed E-state index contributed by atoms with van der Waals surface area (Å²) >= 11 is 0. The van der Waals surface area contributed by atoms with Crippen molar-refractivity contribution in [1.82, 2.24) is 41.9 Å². The Balaban J connectivity index is 0.000000956. The van der Waals surface area contributed by atoms with E-state index in [-0.39, 0.29) is 238 Å². The molecule has 0 aliphatic heterocycles. The van der Waals surface area contributed by atoms with Crippen LogP contribution in [0.25, 0.3) is 0 Å². The van der Waals surface area contributed by atoms with Crippen molar-refractivity contribution in [2.45, 2.75) is 258 Å². The van der Waals surface area contributed by atoms with Crippen LogP contribution in [0.3, 0.4) is 0 Å². The van der Waals surface area contributed by atoms with Gasteiger partial charge in [0.25, 0.3) is 0 Å². The minimum absolute atomic E-state index is 0.000107. The molecule has 11 N–H and O–H groups in total. The summed E-state index contributed by atoms with van der Waals surface area (Å²) in [6.45, 7) is 11.0. The Morgan fingerprint density at radius 1 is 0.356 bits per heavy atom. The lowest BCUT2D eigenvalue weighted by Gasteiger charge is -2.19. The van der Waals surface area contributed by atoms with E-state index in [0.29, 0.717) is 141 Å². The fourth-order valence-corrected chi connectivity index (χ4v) is 13.2. The minimum atomic E-state index is -1.19. The molecule has 3 rings (SSSR count). The average molecular weight is 1870 g/mol. The number of aromatic amines is 1. The largest absolute Gasteiger partial charge is 0.494 e. The molecule has 5 amide bonds. The van der Waals surface area contributed by atoms with Gasteiger partial charge in [-0.3, -0.25) is 57.5 Å². The highest BCUT2D eigenvalue weighted by molar-refractivity contribution is 5.90. The zero-order valence-electron chi connectivity index (χ0n) is 78.0. The molecule has 132 heavy (non-hydrogen) atoms. The van der Waals surface area contributed by atoms with E-state index in [9.17, 15) is 82.1 Å². The number of hydrogen-bond acceptors (Lipinski definition) is 27. The molecule has 0 unspecified atom stereocenters. The van der Waals surface area contributed by atoms with Gasteiger partial charge in [-0.05, 0) is 145 Å². The van der Waals surface area contributed by atoms with Crippen LogP contribution in [0.4, 0.5) is 0 Å². The average Bonchev–Trinajstić information content (AvgIpc) is 1.50. The van der Waals surface area contributed by atoms with E-state index in [0.717, 1.165) is 95.6 Å². The maximum absolute atomic E-state index is 13.0. The quantitative estimate of drug-likeness (QED) is 0.0234. The standard InChI is InChI=1S/C56H88N6O16.C39H62N2O13/c1-3-14-49(60-38-47(65)22-21-45-37-57-41-61-45)51(66)27-20-43(42(2)63)15-10-11-28-58-53(68)39-77-36-34-75-32-29-59-54(69)40-76-35-33-74-30-13-16-46(64)23-26-50(56(72)73)62-52(67)17-9-7-5-4-6-8-12-31-78-48-24-18-44(19-25-48)55(70)71;1-2-19-40-37(45)30-53-27-24-50-21-10-12-34(43)29-52-26-25-51-23-20-41-36(44)18-15-32(39(48)49)28-33(42)11-8-6-4-3-5-7-9-22-54-35-16-13-31(14-17-35)38(46)47/h18-19,24-25,37,41,43,49-50,60H,3-17,20-23,26-36,38-40H2,1-2H3,(H,57,61)(H,58,68)(H,59,69)(H,62,67)(H,70,71)(H,72,73);13-14,16-17,32H,2-12,15,18-30H2,1H3,(H,40,45)(H,41,44)(H,46,47)(H,48,49)/t43-,49+,50+;32-/m11/s1. The second-order valence-electron chi connectivity index (χ2n) is 32.1. The Morgan fingerprint density at radius 2 is 0.818 bits per heavy atom. The number of Topliss-reactive ketones (excluding diaryl/α,β-unsaturated/α-hetero) is 6. The highest BCUT2D eigenvalue weighted by Crippen LogP contribution is 2.21. The van der Waals surface area contributed by atoms with Gasteiger partial charge in [0.05, 0.1) is 115 Å². The van der Waals surface area contributed by atoms with E-state index in [1.54, 1.807) is 36.8 Å². The van der Waals surface area contributed by atoms with Crippen molar-refractivity contribution in [3.05, 3.63) is 77.9 Å². The van der Waals surface area contributed by atoms with Crippen LogP contribution >= 0.6 is 0 Å². The molecule has 0 saturated carbocycles. The lowest BCUT2D eigenvalue weighted by Crippen LogP contribution is -2.41. The van der Waals surface area contributed by atoms with Crippen LogP contribution in [0.1, 0.15) is 265 Å². The monoisotopic (exact) mass is 1870 g/mol. The van der Waals surface area contributed by atoms with Crippen LogP contribution in [-0.2, 0) is 107 Å². The third kappa shape index (κ3) is 67.3. The molecule has 0 aliphatic rings. The summed E-state index contributed by atoms with van der Waals surface area (Å²) in [6.07, 6.45) is 24.0. The molecule has 0 fully saturated rings. The number of rotatable bonds is 89. The number of hydrogen-bond donors (Lipinski definition) is 11. The van der Waals surface area contributed by atoms with E-state index in [1.165, 1.54) is 31.2 Å². The maximum atomic E-state index is 13.0. The van der Waals surface area contributed by atoms with Gasteiger partial charge in [-0.1, -0.05) is 90.9 Å². The molecule has 0 spiro atoms. The number of H-pyrrole nitrogens is 1. The van der Waals surface area contributed by atoms with Crippen molar-refractivity contribution in [2.24, 2.45) is 11.8 Å². The smallest absolute Gasteiger partial charge is 0.335 e. The van der Waals surface area contributed by atoms with Crippen LogP contribution in [0.5, 0.6) is 11.5 Å². The summed E-state index contributed by atoms with van der Waals surface area (Å²) in [5.41, 5.74) is 1.32. The Hall–Kier alpha value is -9.86. The highest BCUT2D eigenvalue weighted by Gasteiger charge is 2.26. The van der Waals surface area contributed by atoms with Crippen LogP contribution < -0.4 is 41.4 Å². The van der Waals surface area contributed by atoms with E-state index in [4.69, 9.17) is 57.6 Å². The Bertz CT molecular complexity index is 3700. The number of nitrogens with zero attached hydrogens (tertiary/aromatic N) is 1. The fourth-order valence-electron chi connectivity index (χ4n) is 13.2. The van der Waals surface area contributed by atoms with Gasteiger partial charge in [0.2, 0.25) is 29.5 Å². The van der Waals surface area contributed by atoms with Gasteiger partial charge in [-0.15, -0.1) is 0 Å². The second kappa shape index (κ2) is 79.7. The zero-order valence-corrected chi connectivity index (χ0v) is 78.0. The number of carboxylic acids is 4. The van der Waals surface area contributed by atoms with E-state index < -0.39 is 41.9 Å². The third-order valence-electron chi connectivity index (χ3n) is 20.8. The highest BCUT2D eigenvalue weighted by atomic mass is 16.5. The molecular weight excluding hydrogens is 1720 g/mol. The molecule has 744 valence electrons. The molecule has 4 atom stereocenters. The number of ketones is 6. The normalized spacial score (nSPS) is 12.0. The Kier molecular flexibility index (Phi) is 71.3. The molecule has 0 aliphatic carbocycles. The summed E-state index contributed by atoms with van der Waals surface area (Å²) in [5, 5.41) is 53.5. The van der Waals surface area contributed by atoms with Crippen LogP contribution in [0.2, 0.25) is 0 Å². The molecule has 3 aromatic rings. The lowest BCUT2D eigenvalue weighted by atomic mass is 9.90. The summed E-state index contributed by atoms with van der Waals surface area (Å²) in [6, 6.07) is 11.1. The molecular formula is C95H150N8O29. The number of unbranched alkanes of at least 4 members (excludes halogenated alkanes) is 13. The van der Waals surface area contributed by atoms with Crippen molar-refractivity contribution >= 4 is 88.1 Å².